The minimum Gasteiger partial charge on any atom is -0.455 e. The molecule has 1 aromatic heterocycles. The molecule has 0 bridgehead atoms. The van der Waals surface area contributed by atoms with Crippen molar-refractivity contribution in [2.75, 3.05) is 13.1 Å². The highest BCUT2D eigenvalue weighted by atomic mass is 16.5. The van der Waals surface area contributed by atoms with Crippen molar-refractivity contribution < 1.29 is 9.53 Å². The molecule has 1 amide bonds. The van der Waals surface area contributed by atoms with Crippen molar-refractivity contribution in [3.05, 3.63) is 54.4 Å². The maximum absolute atomic E-state index is 13.0. The van der Waals surface area contributed by atoms with E-state index in [9.17, 15) is 4.79 Å². The largest absolute Gasteiger partial charge is 0.455 e. The number of hydrogen-bond donors (Lipinski definition) is 1. The van der Waals surface area contributed by atoms with Crippen LogP contribution >= 0.6 is 0 Å². The summed E-state index contributed by atoms with van der Waals surface area (Å²) in [7, 11) is 0. The van der Waals surface area contributed by atoms with Crippen molar-refractivity contribution in [2.45, 2.75) is 25.8 Å². The number of rotatable bonds is 4. The van der Waals surface area contributed by atoms with Gasteiger partial charge in [-0.05, 0) is 49.9 Å². The number of carbonyl (C=O) groups excluding carboxylic acids is 1. The zero-order valence-corrected chi connectivity index (χ0v) is 13.9. The fourth-order valence-electron chi connectivity index (χ4n) is 3.06. The molecule has 2 aromatic rings. The third kappa shape index (κ3) is 3.74. The summed E-state index contributed by atoms with van der Waals surface area (Å²) < 4.78 is 5.86. The molecular weight excluding hydrogens is 302 g/mol. The number of amides is 1. The molecule has 2 atom stereocenters. The number of carbonyl (C=O) groups is 1. The number of pyridine rings is 1. The van der Waals surface area contributed by atoms with Gasteiger partial charge in [-0.2, -0.15) is 0 Å². The second-order valence-electron chi connectivity index (χ2n) is 6.30. The van der Waals surface area contributed by atoms with E-state index in [-0.39, 0.29) is 11.9 Å². The van der Waals surface area contributed by atoms with Crippen LogP contribution in [0, 0.1) is 5.92 Å². The van der Waals surface area contributed by atoms with Gasteiger partial charge in [0.15, 0.2) is 0 Å². The molecule has 1 aliphatic rings. The average molecular weight is 325 g/mol. The van der Waals surface area contributed by atoms with Gasteiger partial charge < -0.3 is 15.4 Å². The first-order chi connectivity index (χ1) is 11.6. The number of hydrogen-bond acceptors (Lipinski definition) is 4. The fourth-order valence-corrected chi connectivity index (χ4v) is 3.06. The van der Waals surface area contributed by atoms with Gasteiger partial charge >= 0.3 is 0 Å². The first-order valence-electron chi connectivity index (χ1n) is 8.37. The molecule has 3 rings (SSSR count). The van der Waals surface area contributed by atoms with Gasteiger partial charge in [0, 0.05) is 25.3 Å². The lowest BCUT2D eigenvalue weighted by atomic mass is 9.92. The fraction of sp³-hybridized carbons (Fsp3) is 0.368. The van der Waals surface area contributed by atoms with Gasteiger partial charge in [0.25, 0.3) is 5.91 Å². The van der Waals surface area contributed by atoms with Crippen LogP contribution in [0.3, 0.4) is 0 Å². The quantitative estimate of drug-likeness (QED) is 0.938. The second kappa shape index (κ2) is 7.45. The van der Waals surface area contributed by atoms with Crippen LogP contribution in [0.15, 0.2) is 48.8 Å². The van der Waals surface area contributed by atoms with Crippen molar-refractivity contribution in [3.8, 4) is 11.5 Å². The van der Waals surface area contributed by atoms with Crippen LogP contribution in [-0.2, 0) is 0 Å². The normalized spacial score (nSPS) is 18.9. The average Bonchev–Trinajstić information content (AvgIpc) is 2.62. The highest BCUT2D eigenvalue weighted by molar-refractivity contribution is 5.97. The van der Waals surface area contributed by atoms with E-state index in [4.69, 9.17) is 10.5 Å². The van der Waals surface area contributed by atoms with Crippen molar-refractivity contribution >= 4 is 5.91 Å². The highest BCUT2D eigenvalue weighted by Crippen LogP contribution is 2.27. The number of nitrogens with zero attached hydrogens (tertiary/aromatic N) is 2. The van der Waals surface area contributed by atoms with E-state index in [1.165, 1.54) is 0 Å². The van der Waals surface area contributed by atoms with E-state index in [0.29, 0.717) is 29.5 Å². The summed E-state index contributed by atoms with van der Waals surface area (Å²) >= 11 is 0. The predicted octanol–water partition coefficient (Wildman–Crippen LogP) is 3.07. The standard InChI is InChI=1S/C19H23N3O2/c1-14(20)15-6-5-11-22(13-15)19(23)17-8-2-3-9-18(17)24-16-7-4-10-21-12-16/h2-4,7-10,12,14-15H,5-6,11,13,20H2,1H3. The van der Waals surface area contributed by atoms with E-state index < -0.39 is 0 Å². The molecule has 2 N–H and O–H groups in total. The smallest absolute Gasteiger partial charge is 0.257 e. The lowest BCUT2D eigenvalue weighted by Crippen LogP contribution is -2.45. The summed E-state index contributed by atoms with van der Waals surface area (Å²) in [5.74, 6) is 1.53. The SMILES string of the molecule is CC(N)C1CCCN(C(=O)c2ccccc2Oc2cccnc2)C1. The molecule has 5 nitrogen and oxygen atoms in total. The number of benzene rings is 1. The van der Waals surface area contributed by atoms with Gasteiger partial charge in [0.1, 0.15) is 11.5 Å². The van der Waals surface area contributed by atoms with Crippen molar-refractivity contribution in [1.82, 2.24) is 9.88 Å². The Morgan fingerprint density at radius 3 is 2.92 bits per heavy atom. The lowest BCUT2D eigenvalue weighted by molar-refractivity contribution is 0.0658. The molecule has 0 aliphatic carbocycles. The predicted molar refractivity (Wildman–Crippen MR) is 93.0 cm³/mol. The summed E-state index contributed by atoms with van der Waals surface area (Å²) in [6.45, 7) is 3.49. The van der Waals surface area contributed by atoms with Gasteiger partial charge in [0.05, 0.1) is 11.8 Å². The molecule has 0 radical (unpaired) electrons. The Kier molecular flexibility index (Phi) is 5.11. The molecular formula is C19H23N3O2. The Bertz CT molecular complexity index is 688. The number of nitrogens with two attached hydrogens (primary N) is 1. The van der Waals surface area contributed by atoms with Crippen molar-refractivity contribution in [1.29, 1.82) is 0 Å². The minimum absolute atomic E-state index is 0.000148. The topological polar surface area (TPSA) is 68.5 Å². The zero-order valence-electron chi connectivity index (χ0n) is 13.9. The Morgan fingerprint density at radius 1 is 1.33 bits per heavy atom. The third-order valence-electron chi connectivity index (χ3n) is 4.47. The van der Waals surface area contributed by atoms with Crippen LogP contribution in [0.4, 0.5) is 0 Å². The van der Waals surface area contributed by atoms with Crippen LogP contribution in [-0.4, -0.2) is 34.9 Å². The molecule has 5 heteroatoms. The van der Waals surface area contributed by atoms with Gasteiger partial charge in [-0.1, -0.05) is 12.1 Å². The minimum atomic E-state index is -0.000148. The Hall–Kier alpha value is -2.40. The monoisotopic (exact) mass is 325 g/mol. The molecule has 1 saturated heterocycles. The molecule has 2 heterocycles. The van der Waals surface area contributed by atoms with Crippen molar-refractivity contribution in [2.24, 2.45) is 11.7 Å². The van der Waals surface area contributed by atoms with E-state index >= 15 is 0 Å². The third-order valence-corrected chi connectivity index (χ3v) is 4.47. The Labute approximate surface area is 142 Å². The summed E-state index contributed by atoms with van der Waals surface area (Å²) in [5, 5.41) is 0. The Balaban J connectivity index is 1.80. The van der Waals surface area contributed by atoms with Crippen LogP contribution < -0.4 is 10.5 Å². The van der Waals surface area contributed by atoms with E-state index in [0.717, 1.165) is 19.4 Å². The number of para-hydroxylation sites is 1. The van der Waals surface area contributed by atoms with E-state index in [2.05, 4.69) is 4.98 Å². The van der Waals surface area contributed by atoms with Gasteiger partial charge in [-0.15, -0.1) is 0 Å². The molecule has 24 heavy (non-hydrogen) atoms. The maximum atomic E-state index is 13.0. The van der Waals surface area contributed by atoms with E-state index in [1.807, 2.05) is 42.2 Å². The van der Waals surface area contributed by atoms with Crippen molar-refractivity contribution in [3.63, 3.8) is 0 Å². The summed E-state index contributed by atoms with van der Waals surface area (Å²) in [6.07, 6.45) is 5.39. The molecule has 0 saturated carbocycles. The highest BCUT2D eigenvalue weighted by Gasteiger charge is 2.27. The van der Waals surface area contributed by atoms with Crippen LogP contribution in [0.1, 0.15) is 30.1 Å². The van der Waals surface area contributed by atoms with Gasteiger partial charge in [-0.3, -0.25) is 9.78 Å². The molecule has 1 fully saturated rings. The summed E-state index contributed by atoms with van der Waals surface area (Å²) in [4.78, 5) is 18.9. The lowest BCUT2D eigenvalue weighted by Gasteiger charge is -2.34. The van der Waals surface area contributed by atoms with Gasteiger partial charge in [0.2, 0.25) is 0 Å². The molecule has 126 valence electrons. The Morgan fingerprint density at radius 2 is 2.17 bits per heavy atom. The molecule has 0 spiro atoms. The maximum Gasteiger partial charge on any atom is 0.257 e. The number of likely N-dealkylation sites (tertiary alicyclic amines) is 1. The molecule has 1 aromatic carbocycles. The molecule has 1 aliphatic heterocycles. The first-order valence-corrected chi connectivity index (χ1v) is 8.37. The zero-order chi connectivity index (χ0) is 16.9. The number of ether oxygens (including phenoxy) is 1. The van der Waals surface area contributed by atoms with Crippen LogP contribution in [0.25, 0.3) is 0 Å². The van der Waals surface area contributed by atoms with E-state index in [1.54, 1.807) is 18.5 Å². The number of piperidine rings is 1. The van der Waals surface area contributed by atoms with Crippen LogP contribution in [0.5, 0.6) is 11.5 Å². The summed E-state index contributed by atoms with van der Waals surface area (Å²) in [5.41, 5.74) is 6.61. The second-order valence-corrected chi connectivity index (χ2v) is 6.30. The van der Waals surface area contributed by atoms with Crippen LogP contribution in [0.2, 0.25) is 0 Å². The molecule has 2 unspecified atom stereocenters. The summed E-state index contributed by atoms with van der Waals surface area (Å²) in [6, 6.07) is 11.1. The number of aromatic nitrogens is 1. The van der Waals surface area contributed by atoms with Gasteiger partial charge in [-0.25, -0.2) is 0 Å². The first kappa shape index (κ1) is 16.5.